The molecular formula is C12H15FN2. The molecule has 1 N–H and O–H groups in total. The molecule has 0 aliphatic rings. The third-order valence-electron chi connectivity index (χ3n) is 1.95. The van der Waals surface area contributed by atoms with Crippen molar-refractivity contribution < 1.29 is 4.39 Å². The average molecular weight is 206 g/mol. The molecule has 80 valence electrons. The zero-order valence-electron chi connectivity index (χ0n) is 9.00. The van der Waals surface area contributed by atoms with E-state index in [2.05, 4.69) is 12.0 Å². The molecule has 0 saturated carbocycles. The number of nitrogens with one attached hydrogen (secondary N) is 1. The smallest absolute Gasteiger partial charge is 0.123 e. The van der Waals surface area contributed by atoms with E-state index in [1.807, 2.05) is 19.1 Å². The summed E-state index contributed by atoms with van der Waals surface area (Å²) in [6.45, 7) is 5.82. The topological polar surface area (TPSA) is 15.3 Å². The van der Waals surface area contributed by atoms with E-state index in [1.165, 1.54) is 12.1 Å². The van der Waals surface area contributed by atoms with Gasteiger partial charge in [0, 0.05) is 7.05 Å². The monoisotopic (exact) mass is 206 g/mol. The molecule has 0 fully saturated rings. The van der Waals surface area contributed by atoms with Crippen LogP contribution < -0.4 is 10.4 Å². The van der Waals surface area contributed by atoms with Crippen molar-refractivity contribution in [3.63, 3.8) is 0 Å². The summed E-state index contributed by atoms with van der Waals surface area (Å²) < 4.78 is 12.7. The van der Waals surface area contributed by atoms with Gasteiger partial charge in [0.1, 0.15) is 5.82 Å². The van der Waals surface area contributed by atoms with Gasteiger partial charge in [-0.1, -0.05) is 12.7 Å². The molecule has 3 heteroatoms. The minimum absolute atomic E-state index is 0.244. The largest absolute Gasteiger partial charge is 0.278 e. The SMILES string of the molecule is C=C(/C=C\C)N(NC)c1ccc(F)cc1. The van der Waals surface area contributed by atoms with Crippen molar-refractivity contribution in [2.24, 2.45) is 0 Å². The molecule has 1 rings (SSSR count). The van der Waals surface area contributed by atoms with E-state index < -0.39 is 0 Å². The lowest BCUT2D eigenvalue weighted by Gasteiger charge is -2.23. The van der Waals surface area contributed by atoms with Crippen molar-refractivity contribution in [3.8, 4) is 0 Å². The van der Waals surface area contributed by atoms with Gasteiger partial charge in [0.25, 0.3) is 0 Å². The third kappa shape index (κ3) is 2.92. The van der Waals surface area contributed by atoms with Gasteiger partial charge in [-0.3, -0.25) is 5.01 Å². The molecule has 0 saturated heterocycles. The first-order valence-electron chi connectivity index (χ1n) is 4.73. The average Bonchev–Trinajstić information content (AvgIpc) is 2.22. The molecule has 15 heavy (non-hydrogen) atoms. The molecule has 0 radical (unpaired) electrons. The third-order valence-corrected chi connectivity index (χ3v) is 1.95. The first-order chi connectivity index (χ1) is 7.19. The van der Waals surface area contributed by atoms with Crippen LogP contribution >= 0.6 is 0 Å². The Morgan fingerprint density at radius 2 is 2.00 bits per heavy atom. The molecular weight excluding hydrogens is 191 g/mol. The summed E-state index contributed by atoms with van der Waals surface area (Å²) in [6, 6.07) is 6.23. The molecule has 1 aromatic carbocycles. The number of benzene rings is 1. The lowest BCUT2D eigenvalue weighted by atomic mass is 10.3. The summed E-state index contributed by atoms with van der Waals surface area (Å²) in [7, 11) is 1.79. The molecule has 0 aliphatic heterocycles. The van der Waals surface area contributed by atoms with E-state index in [1.54, 1.807) is 24.2 Å². The minimum atomic E-state index is -0.244. The second-order valence-corrected chi connectivity index (χ2v) is 3.03. The van der Waals surface area contributed by atoms with Gasteiger partial charge in [0.05, 0.1) is 11.4 Å². The summed E-state index contributed by atoms with van der Waals surface area (Å²) in [5, 5.41) is 1.78. The number of rotatable bonds is 4. The first-order valence-corrected chi connectivity index (χ1v) is 4.73. The molecule has 0 bridgehead atoms. The lowest BCUT2D eigenvalue weighted by Crippen LogP contribution is -2.33. The highest BCUT2D eigenvalue weighted by molar-refractivity contribution is 5.52. The van der Waals surface area contributed by atoms with Gasteiger partial charge >= 0.3 is 0 Å². The Morgan fingerprint density at radius 3 is 2.47 bits per heavy atom. The molecule has 2 nitrogen and oxygen atoms in total. The lowest BCUT2D eigenvalue weighted by molar-refractivity contribution is 0.627. The summed E-state index contributed by atoms with van der Waals surface area (Å²) in [4.78, 5) is 0. The van der Waals surface area contributed by atoms with E-state index >= 15 is 0 Å². The van der Waals surface area contributed by atoms with Crippen molar-refractivity contribution in [2.45, 2.75) is 6.92 Å². The number of anilines is 1. The van der Waals surface area contributed by atoms with Crippen LogP contribution in [0.15, 0.2) is 48.7 Å². The van der Waals surface area contributed by atoms with Crippen LogP contribution in [0.4, 0.5) is 10.1 Å². The second kappa shape index (κ2) is 5.32. The Bertz CT molecular complexity index is 354. The van der Waals surface area contributed by atoms with Crippen LogP contribution in [0.25, 0.3) is 0 Å². The summed E-state index contributed by atoms with van der Waals surface area (Å²) in [5.74, 6) is -0.244. The molecule has 1 aromatic rings. The van der Waals surface area contributed by atoms with E-state index in [0.29, 0.717) is 0 Å². The summed E-state index contributed by atoms with van der Waals surface area (Å²) in [6.07, 6.45) is 3.77. The van der Waals surface area contributed by atoms with Gasteiger partial charge in [0.2, 0.25) is 0 Å². The van der Waals surface area contributed by atoms with Crippen molar-refractivity contribution in [1.82, 2.24) is 5.43 Å². The van der Waals surface area contributed by atoms with E-state index in [-0.39, 0.29) is 5.82 Å². The Kier molecular flexibility index (Phi) is 4.06. The van der Waals surface area contributed by atoms with Crippen LogP contribution in [0, 0.1) is 5.82 Å². The van der Waals surface area contributed by atoms with Crippen LogP contribution in [0.3, 0.4) is 0 Å². The highest BCUT2D eigenvalue weighted by atomic mass is 19.1. The van der Waals surface area contributed by atoms with Crippen molar-refractivity contribution >= 4 is 5.69 Å². The number of hydrazine groups is 1. The van der Waals surface area contributed by atoms with Gasteiger partial charge in [-0.05, 0) is 37.3 Å². The van der Waals surface area contributed by atoms with Crippen molar-refractivity contribution in [3.05, 3.63) is 54.5 Å². The fourth-order valence-corrected chi connectivity index (χ4v) is 1.30. The molecule has 0 atom stereocenters. The van der Waals surface area contributed by atoms with Crippen LogP contribution in [0.1, 0.15) is 6.92 Å². The molecule has 0 unspecified atom stereocenters. The zero-order chi connectivity index (χ0) is 11.3. The van der Waals surface area contributed by atoms with Crippen molar-refractivity contribution in [1.29, 1.82) is 0 Å². The maximum absolute atomic E-state index is 12.7. The molecule has 0 aliphatic carbocycles. The number of hydrogen-bond donors (Lipinski definition) is 1. The predicted octanol–water partition coefficient (Wildman–Crippen LogP) is 2.86. The number of hydrogen-bond acceptors (Lipinski definition) is 2. The number of allylic oxidation sites excluding steroid dienone is 2. The van der Waals surface area contributed by atoms with Gasteiger partial charge in [0.15, 0.2) is 0 Å². The van der Waals surface area contributed by atoms with Crippen LogP contribution in [0.5, 0.6) is 0 Å². The molecule has 0 aromatic heterocycles. The highest BCUT2D eigenvalue weighted by Crippen LogP contribution is 2.16. The molecule has 0 amide bonds. The quantitative estimate of drug-likeness (QED) is 0.602. The zero-order valence-corrected chi connectivity index (χ0v) is 9.00. The van der Waals surface area contributed by atoms with E-state index in [9.17, 15) is 4.39 Å². The van der Waals surface area contributed by atoms with E-state index in [4.69, 9.17) is 0 Å². The standard InChI is InChI=1S/C12H15FN2/c1-4-5-10(2)15(14-3)12-8-6-11(13)7-9-12/h4-9,14H,2H2,1,3H3/b5-4-. The van der Waals surface area contributed by atoms with Gasteiger partial charge in [-0.15, -0.1) is 0 Å². The van der Waals surface area contributed by atoms with Gasteiger partial charge < -0.3 is 0 Å². The Balaban J connectivity index is 2.92. The van der Waals surface area contributed by atoms with Gasteiger partial charge in [-0.2, -0.15) is 0 Å². The fourth-order valence-electron chi connectivity index (χ4n) is 1.30. The Labute approximate surface area is 89.7 Å². The van der Waals surface area contributed by atoms with Gasteiger partial charge in [-0.25, -0.2) is 9.82 Å². The number of halogens is 1. The molecule has 0 heterocycles. The van der Waals surface area contributed by atoms with Crippen molar-refractivity contribution in [2.75, 3.05) is 12.1 Å². The second-order valence-electron chi connectivity index (χ2n) is 3.03. The highest BCUT2D eigenvalue weighted by Gasteiger charge is 2.05. The fraction of sp³-hybridized carbons (Fsp3) is 0.167. The summed E-state index contributed by atoms with van der Waals surface area (Å²) >= 11 is 0. The number of nitrogens with zero attached hydrogens (tertiary/aromatic N) is 1. The van der Waals surface area contributed by atoms with E-state index in [0.717, 1.165) is 11.4 Å². The van der Waals surface area contributed by atoms with Crippen LogP contribution in [-0.2, 0) is 0 Å². The van der Waals surface area contributed by atoms with Crippen LogP contribution in [0.2, 0.25) is 0 Å². The minimum Gasteiger partial charge on any atom is -0.278 e. The maximum atomic E-state index is 12.7. The Morgan fingerprint density at radius 1 is 1.40 bits per heavy atom. The van der Waals surface area contributed by atoms with Crippen LogP contribution in [-0.4, -0.2) is 7.05 Å². The molecule has 0 spiro atoms. The maximum Gasteiger partial charge on any atom is 0.123 e. The predicted molar refractivity (Wildman–Crippen MR) is 61.9 cm³/mol. The first kappa shape index (κ1) is 11.5. The normalized spacial score (nSPS) is 10.6. The Hall–Kier alpha value is -1.61. The summed E-state index contributed by atoms with van der Waals surface area (Å²) in [5.41, 5.74) is 4.63.